The lowest BCUT2D eigenvalue weighted by Gasteiger charge is -2.16. The Kier molecular flexibility index (Phi) is 2.65. The smallest absolute Gasteiger partial charge is 0.0556 e. The maximum absolute atomic E-state index is 8.47. The standard InChI is InChI=1S/C5H11NO2/c1-5(2-6,3-7)4-8/h2,6-8H,3-4H2,1H3. The molecule has 3 N–H and O–H groups in total. The average Bonchev–Trinajstić information content (AvgIpc) is 1.87. The van der Waals surface area contributed by atoms with Crippen LogP contribution >= 0.6 is 0 Å². The molecule has 0 aromatic rings. The third-order valence-corrected chi connectivity index (χ3v) is 1.07. The predicted molar refractivity (Wildman–Crippen MR) is 31.1 cm³/mol. The van der Waals surface area contributed by atoms with Gasteiger partial charge in [-0.2, -0.15) is 0 Å². The van der Waals surface area contributed by atoms with Crippen molar-refractivity contribution in [2.45, 2.75) is 6.92 Å². The minimum atomic E-state index is -0.722. The molecule has 0 spiro atoms. The Labute approximate surface area is 48.5 Å². The Bertz CT molecular complexity index is 78.5. The zero-order valence-electron chi connectivity index (χ0n) is 4.89. The number of aliphatic hydroxyl groups excluding tert-OH is 2. The van der Waals surface area contributed by atoms with Gasteiger partial charge in [0.1, 0.15) is 0 Å². The van der Waals surface area contributed by atoms with E-state index in [2.05, 4.69) is 0 Å². The lowest BCUT2D eigenvalue weighted by atomic mass is 9.95. The molecule has 0 atom stereocenters. The fourth-order valence-corrected chi connectivity index (χ4v) is 0.141. The van der Waals surface area contributed by atoms with E-state index < -0.39 is 5.41 Å². The van der Waals surface area contributed by atoms with E-state index in [1.165, 1.54) is 0 Å². The fraction of sp³-hybridized carbons (Fsp3) is 0.800. The van der Waals surface area contributed by atoms with Crippen LogP contribution in [-0.4, -0.2) is 29.6 Å². The summed E-state index contributed by atoms with van der Waals surface area (Å²) in [6.45, 7) is 1.26. The second kappa shape index (κ2) is 2.79. The molecule has 0 fully saturated rings. The van der Waals surface area contributed by atoms with Crippen LogP contribution < -0.4 is 0 Å². The lowest BCUT2D eigenvalue weighted by molar-refractivity contribution is 0.125. The van der Waals surface area contributed by atoms with E-state index in [1.54, 1.807) is 6.92 Å². The molecule has 0 bridgehead atoms. The van der Waals surface area contributed by atoms with Gasteiger partial charge >= 0.3 is 0 Å². The molecule has 0 radical (unpaired) electrons. The summed E-state index contributed by atoms with van der Waals surface area (Å²) in [4.78, 5) is 0. The van der Waals surface area contributed by atoms with E-state index in [-0.39, 0.29) is 13.2 Å². The van der Waals surface area contributed by atoms with Crippen LogP contribution in [0.5, 0.6) is 0 Å². The maximum Gasteiger partial charge on any atom is 0.0556 e. The van der Waals surface area contributed by atoms with Crippen molar-refractivity contribution in [3.8, 4) is 0 Å². The van der Waals surface area contributed by atoms with Crippen molar-refractivity contribution >= 4 is 6.21 Å². The first kappa shape index (κ1) is 7.59. The molecule has 48 valence electrons. The minimum absolute atomic E-state index is 0.174. The molecule has 0 saturated heterocycles. The van der Waals surface area contributed by atoms with Gasteiger partial charge in [0.25, 0.3) is 0 Å². The van der Waals surface area contributed by atoms with Gasteiger partial charge in [-0.3, -0.25) is 0 Å². The summed E-state index contributed by atoms with van der Waals surface area (Å²) >= 11 is 0. The molecule has 0 rings (SSSR count). The molecular formula is C5H11NO2. The Morgan fingerprint density at radius 3 is 1.88 bits per heavy atom. The van der Waals surface area contributed by atoms with Crippen molar-refractivity contribution in [2.75, 3.05) is 13.2 Å². The zero-order valence-corrected chi connectivity index (χ0v) is 4.89. The molecule has 3 nitrogen and oxygen atoms in total. The maximum atomic E-state index is 8.47. The van der Waals surface area contributed by atoms with Crippen LogP contribution in [0.3, 0.4) is 0 Å². The van der Waals surface area contributed by atoms with Crippen LogP contribution in [0, 0.1) is 10.8 Å². The molecule has 0 aromatic heterocycles. The molecule has 0 unspecified atom stereocenters. The van der Waals surface area contributed by atoms with E-state index in [0.717, 1.165) is 6.21 Å². The zero-order chi connectivity index (χ0) is 6.62. The quantitative estimate of drug-likeness (QED) is 0.441. The Hall–Kier alpha value is -0.410. The van der Waals surface area contributed by atoms with Gasteiger partial charge in [0.05, 0.1) is 13.2 Å². The Balaban J connectivity index is 3.76. The van der Waals surface area contributed by atoms with Gasteiger partial charge in [-0.15, -0.1) is 0 Å². The van der Waals surface area contributed by atoms with Gasteiger partial charge in [-0.05, 0) is 0 Å². The second-order valence-corrected chi connectivity index (χ2v) is 2.11. The van der Waals surface area contributed by atoms with Crippen LogP contribution in [0.25, 0.3) is 0 Å². The summed E-state index contributed by atoms with van der Waals surface area (Å²) in [5.74, 6) is 0. The molecule has 0 saturated carbocycles. The Morgan fingerprint density at radius 1 is 1.50 bits per heavy atom. The van der Waals surface area contributed by atoms with Gasteiger partial charge in [0.2, 0.25) is 0 Å². The largest absolute Gasteiger partial charge is 0.395 e. The second-order valence-electron chi connectivity index (χ2n) is 2.11. The monoisotopic (exact) mass is 117 g/mol. The number of aliphatic hydroxyl groups is 2. The van der Waals surface area contributed by atoms with Crippen LogP contribution in [0.15, 0.2) is 0 Å². The number of hydrogen-bond acceptors (Lipinski definition) is 3. The molecule has 8 heavy (non-hydrogen) atoms. The van der Waals surface area contributed by atoms with Crippen molar-refractivity contribution in [3.05, 3.63) is 0 Å². The summed E-state index contributed by atoms with van der Waals surface area (Å²) in [5, 5.41) is 23.7. The first-order chi connectivity index (χ1) is 3.68. The SMILES string of the molecule is CC(C=N)(CO)CO. The number of rotatable bonds is 3. The van der Waals surface area contributed by atoms with E-state index >= 15 is 0 Å². The van der Waals surface area contributed by atoms with Crippen molar-refractivity contribution in [1.82, 2.24) is 0 Å². The van der Waals surface area contributed by atoms with Gasteiger partial charge in [-0.1, -0.05) is 6.92 Å². The molecule has 0 aliphatic rings. The van der Waals surface area contributed by atoms with E-state index in [4.69, 9.17) is 15.6 Å². The van der Waals surface area contributed by atoms with Crippen molar-refractivity contribution in [1.29, 1.82) is 5.41 Å². The van der Waals surface area contributed by atoms with E-state index in [1.807, 2.05) is 0 Å². The highest BCUT2D eigenvalue weighted by molar-refractivity contribution is 5.61. The first-order valence-electron chi connectivity index (χ1n) is 2.42. The van der Waals surface area contributed by atoms with Crippen molar-refractivity contribution < 1.29 is 10.2 Å². The summed E-state index contributed by atoms with van der Waals surface area (Å²) in [7, 11) is 0. The lowest BCUT2D eigenvalue weighted by Crippen LogP contribution is -2.26. The topological polar surface area (TPSA) is 64.3 Å². The third kappa shape index (κ3) is 1.60. The van der Waals surface area contributed by atoms with Gasteiger partial charge in [0.15, 0.2) is 0 Å². The van der Waals surface area contributed by atoms with Crippen molar-refractivity contribution in [2.24, 2.45) is 5.41 Å². The first-order valence-corrected chi connectivity index (χ1v) is 2.42. The van der Waals surface area contributed by atoms with Gasteiger partial charge in [-0.25, -0.2) is 0 Å². The molecule has 0 amide bonds. The summed E-state index contributed by atoms with van der Waals surface area (Å²) in [6.07, 6.45) is 1.05. The summed E-state index contributed by atoms with van der Waals surface area (Å²) in [6, 6.07) is 0. The highest BCUT2D eigenvalue weighted by Gasteiger charge is 2.17. The van der Waals surface area contributed by atoms with Gasteiger partial charge in [0, 0.05) is 11.6 Å². The summed E-state index contributed by atoms with van der Waals surface area (Å²) in [5.41, 5.74) is -0.722. The molecule has 0 aromatic carbocycles. The molecule has 0 aliphatic heterocycles. The van der Waals surface area contributed by atoms with Gasteiger partial charge < -0.3 is 15.6 Å². The fourth-order valence-electron chi connectivity index (χ4n) is 0.141. The molecule has 0 aliphatic carbocycles. The van der Waals surface area contributed by atoms with Crippen LogP contribution in [-0.2, 0) is 0 Å². The third-order valence-electron chi connectivity index (χ3n) is 1.07. The molecule has 3 heteroatoms. The van der Waals surface area contributed by atoms with Crippen molar-refractivity contribution in [3.63, 3.8) is 0 Å². The van der Waals surface area contributed by atoms with Crippen LogP contribution in [0.4, 0.5) is 0 Å². The molecule has 0 heterocycles. The Morgan fingerprint density at radius 2 is 1.88 bits per heavy atom. The molecular weight excluding hydrogens is 106 g/mol. The predicted octanol–water partition coefficient (Wildman–Crippen LogP) is -0.373. The van der Waals surface area contributed by atoms with Crippen LogP contribution in [0.2, 0.25) is 0 Å². The average molecular weight is 117 g/mol. The normalized spacial score (nSPS) is 11.4. The number of nitrogens with one attached hydrogen (secondary N) is 1. The minimum Gasteiger partial charge on any atom is -0.395 e. The van der Waals surface area contributed by atoms with Crippen LogP contribution in [0.1, 0.15) is 6.92 Å². The highest BCUT2D eigenvalue weighted by atomic mass is 16.3. The number of hydrogen-bond donors (Lipinski definition) is 3. The van der Waals surface area contributed by atoms with E-state index in [9.17, 15) is 0 Å². The highest BCUT2D eigenvalue weighted by Crippen LogP contribution is 2.08. The van der Waals surface area contributed by atoms with E-state index in [0.29, 0.717) is 0 Å². The summed E-state index contributed by atoms with van der Waals surface area (Å²) < 4.78 is 0.